The number of rotatable bonds is 3. The van der Waals surface area contributed by atoms with Crippen LogP contribution < -0.4 is 0 Å². The maximum atomic E-state index is 10.5. The Morgan fingerprint density at radius 1 is 1.22 bits per heavy atom. The first kappa shape index (κ1) is 12.6. The summed E-state index contributed by atoms with van der Waals surface area (Å²) in [6.45, 7) is 3.35. The molecule has 2 atom stereocenters. The van der Waals surface area contributed by atoms with Crippen molar-refractivity contribution in [1.29, 1.82) is 0 Å². The van der Waals surface area contributed by atoms with Gasteiger partial charge in [0.15, 0.2) is 0 Å². The SMILES string of the molecule is CN1CC=C([C@@H]2CCCN2C(O)C2CCC2)CC1. The summed E-state index contributed by atoms with van der Waals surface area (Å²) >= 11 is 0. The van der Waals surface area contributed by atoms with Gasteiger partial charge in [-0.15, -0.1) is 0 Å². The number of nitrogens with zero attached hydrogens (tertiary/aromatic N) is 2. The highest BCUT2D eigenvalue weighted by Gasteiger charge is 2.37. The highest BCUT2D eigenvalue weighted by molar-refractivity contribution is 5.17. The van der Waals surface area contributed by atoms with Crippen molar-refractivity contribution < 1.29 is 5.11 Å². The fraction of sp³-hybridized carbons (Fsp3) is 0.867. The third kappa shape index (κ3) is 2.36. The predicted octanol–water partition coefficient (Wildman–Crippen LogP) is 1.83. The molecular weight excluding hydrogens is 224 g/mol. The largest absolute Gasteiger partial charge is 0.378 e. The molecule has 2 fully saturated rings. The van der Waals surface area contributed by atoms with Crippen molar-refractivity contribution in [1.82, 2.24) is 9.80 Å². The third-order valence-corrected chi connectivity index (χ3v) is 5.08. The fourth-order valence-corrected chi connectivity index (χ4v) is 3.60. The van der Waals surface area contributed by atoms with Gasteiger partial charge in [0, 0.05) is 25.7 Å². The zero-order chi connectivity index (χ0) is 12.5. The third-order valence-electron chi connectivity index (χ3n) is 5.08. The fourth-order valence-electron chi connectivity index (χ4n) is 3.60. The zero-order valence-electron chi connectivity index (χ0n) is 11.5. The zero-order valence-corrected chi connectivity index (χ0v) is 11.5. The van der Waals surface area contributed by atoms with Crippen molar-refractivity contribution in [2.45, 2.75) is 50.8 Å². The summed E-state index contributed by atoms with van der Waals surface area (Å²) in [5, 5.41) is 10.5. The average molecular weight is 250 g/mol. The van der Waals surface area contributed by atoms with Crippen LogP contribution in [0.1, 0.15) is 38.5 Å². The molecule has 1 unspecified atom stereocenters. The second-order valence-electron chi connectivity index (χ2n) is 6.29. The number of likely N-dealkylation sites (tertiary alicyclic amines) is 1. The van der Waals surface area contributed by atoms with Gasteiger partial charge >= 0.3 is 0 Å². The standard InChI is InChI=1S/C15H26N2O/c1-16-10-7-12(8-11-16)14-6-3-9-17(14)15(18)13-4-2-5-13/h7,13-15,18H,2-6,8-11H2,1H3/t14-,15?/m0/s1. The number of aliphatic hydroxyl groups is 1. The van der Waals surface area contributed by atoms with Gasteiger partial charge in [-0.1, -0.05) is 18.1 Å². The van der Waals surface area contributed by atoms with E-state index >= 15 is 0 Å². The molecule has 2 heterocycles. The molecule has 0 amide bonds. The normalized spacial score (nSPS) is 33.2. The molecule has 0 aromatic heterocycles. The second kappa shape index (κ2) is 5.32. The van der Waals surface area contributed by atoms with E-state index in [4.69, 9.17) is 0 Å². The van der Waals surface area contributed by atoms with E-state index in [1.807, 2.05) is 0 Å². The Labute approximate surface area is 110 Å². The maximum Gasteiger partial charge on any atom is 0.110 e. The number of hydrogen-bond donors (Lipinski definition) is 1. The lowest BCUT2D eigenvalue weighted by Crippen LogP contribution is -2.47. The molecule has 3 aliphatic rings. The summed E-state index contributed by atoms with van der Waals surface area (Å²) in [5.41, 5.74) is 1.59. The maximum absolute atomic E-state index is 10.5. The average Bonchev–Trinajstić information content (AvgIpc) is 2.76. The van der Waals surface area contributed by atoms with Gasteiger partial charge in [0.2, 0.25) is 0 Å². The van der Waals surface area contributed by atoms with Crippen LogP contribution in [0.15, 0.2) is 11.6 Å². The van der Waals surface area contributed by atoms with E-state index in [1.54, 1.807) is 5.57 Å². The van der Waals surface area contributed by atoms with Gasteiger partial charge in [-0.2, -0.15) is 0 Å². The molecule has 1 saturated heterocycles. The minimum atomic E-state index is -0.174. The van der Waals surface area contributed by atoms with E-state index in [0.717, 1.165) is 13.1 Å². The van der Waals surface area contributed by atoms with Gasteiger partial charge in [-0.3, -0.25) is 4.90 Å². The van der Waals surface area contributed by atoms with E-state index in [-0.39, 0.29) is 6.23 Å². The molecule has 1 saturated carbocycles. The van der Waals surface area contributed by atoms with E-state index in [2.05, 4.69) is 22.9 Å². The van der Waals surface area contributed by atoms with Crippen molar-refractivity contribution in [3.8, 4) is 0 Å². The number of aliphatic hydroxyl groups excluding tert-OH is 1. The van der Waals surface area contributed by atoms with Crippen LogP contribution in [0.3, 0.4) is 0 Å². The molecule has 1 N–H and O–H groups in total. The number of hydrogen-bond acceptors (Lipinski definition) is 3. The van der Waals surface area contributed by atoms with Crippen molar-refractivity contribution >= 4 is 0 Å². The summed E-state index contributed by atoms with van der Waals surface area (Å²) in [7, 11) is 2.18. The lowest BCUT2D eigenvalue weighted by atomic mass is 9.83. The van der Waals surface area contributed by atoms with Gasteiger partial charge < -0.3 is 10.0 Å². The Morgan fingerprint density at radius 2 is 2.06 bits per heavy atom. The van der Waals surface area contributed by atoms with Crippen LogP contribution >= 0.6 is 0 Å². The van der Waals surface area contributed by atoms with Crippen LogP contribution in [-0.2, 0) is 0 Å². The quantitative estimate of drug-likeness (QED) is 0.774. The highest BCUT2D eigenvalue weighted by atomic mass is 16.3. The van der Waals surface area contributed by atoms with Gasteiger partial charge in [0.25, 0.3) is 0 Å². The molecule has 0 radical (unpaired) electrons. The Bertz CT molecular complexity index is 324. The summed E-state index contributed by atoms with van der Waals surface area (Å²) in [5.74, 6) is 0.553. The molecule has 102 valence electrons. The number of likely N-dealkylation sites (N-methyl/N-ethyl adjacent to an activating group) is 1. The van der Waals surface area contributed by atoms with Gasteiger partial charge in [-0.05, 0) is 45.1 Å². The molecular formula is C15H26N2O. The van der Waals surface area contributed by atoms with Crippen molar-refractivity contribution in [2.24, 2.45) is 5.92 Å². The van der Waals surface area contributed by atoms with Crippen molar-refractivity contribution in [3.05, 3.63) is 11.6 Å². The molecule has 0 aromatic rings. The Morgan fingerprint density at radius 3 is 2.67 bits per heavy atom. The molecule has 0 spiro atoms. The first-order chi connectivity index (χ1) is 8.75. The van der Waals surface area contributed by atoms with Crippen molar-refractivity contribution in [2.75, 3.05) is 26.7 Å². The molecule has 3 nitrogen and oxygen atoms in total. The van der Waals surface area contributed by atoms with Gasteiger partial charge in [-0.25, -0.2) is 0 Å². The topological polar surface area (TPSA) is 26.7 Å². The monoisotopic (exact) mass is 250 g/mol. The lowest BCUT2D eigenvalue weighted by Gasteiger charge is -2.40. The van der Waals surface area contributed by atoms with Crippen LogP contribution in [0.5, 0.6) is 0 Å². The van der Waals surface area contributed by atoms with Crippen LogP contribution in [0.25, 0.3) is 0 Å². The molecule has 2 aliphatic heterocycles. The van der Waals surface area contributed by atoms with Crippen LogP contribution in [0.4, 0.5) is 0 Å². The lowest BCUT2D eigenvalue weighted by molar-refractivity contribution is -0.0655. The predicted molar refractivity (Wildman–Crippen MR) is 73.3 cm³/mol. The molecule has 3 heteroatoms. The van der Waals surface area contributed by atoms with E-state index in [1.165, 1.54) is 45.1 Å². The van der Waals surface area contributed by atoms with Crippen LogP contribution in [0, 0.1) is 5.92 Å². The van der Waals surface area contributed by atoms with Crippen molar-refractivity contribution in [3.63, 3.8) is 0 Å². The molecule has 3 rings (SSSR count). The highest BCUT2D eigenvalue weighted by Crippen LogP contribution is 2.36. The smallest absolute Gasteiger partial charge is 0.110 e. The van der Waals surface area contributed by atoms with E-state index in [0.29, 0.717) is 12.0 Å². The van der Waals surface area contributed by atoms with E-state index < -0.39 is 0 Å². The van der Waals surface area contributed by atoms with Crippen LogP contribution in [-0.4, -0.2) is 53.9 Å². The molecule has 1 aliphatic carbocycles. The summed E-state index contributed by atoms with van der Waals surface area (Å²) in [6, 6.07) is 0.536. The summed E-state index contributed by atoms with van der Waals surface area (Å²) < 4.78 is 0. The minimum absolute atomic E-state index is 0.174. The molecule has 0 bridgehead atoms. The second-order valence-corrected chi connectivity index (χ2v) is 6.29. The molecule has 18 heavy (non-hydrogen) atoms. The Balaban J connectivity index is 1.67. The van der Waals surface area contributed by atoms with Gasteiger partial charge in [0.1, 0.15) is 6.23 Å². The Kier molecular flexibility index (Phi) is 3.73. The summed E-state index contributed by atoms with van der Waals surface area (Å²) in [6.07, 6.45) is 9.69. The molecule has 0 aromatic carbocycles. The first-order valence-corrected chi connectivity index (χ1v) is 7.57. The minimum Gasteiger partial charge on any atom is -0.378 e. The first-order valence-electron chi connectivity index (χ1n) is 7.57. The van der Waals surface area contributed by atoms with Crippen LogP contribution in [0.2, 0.25) is 0 Å². The Hall–Kier alpha value is -0.380. The van der Waals surface area contributed by atoms with E-state index in [9.17, 15) is 5.11 Å². The van der Waals surface area contributed by atoms with Gasteiger partial charge in [0.05, 0.1) is 0 Å². The summed E-state index contributed by atoms with van der Waals surface area (Å²) in [4.78, 5) is 4.76.